The second-order valence-corrected chi connectivity index (χ2v) is 6.78. The first kappa shape index (κ1) is 20.0. The normalized spacial score (nSPS) is 17.7. The Morgan fingerprint density at radius 1 is 1.16 bits per heavy atom. The fourth-order valence-electron chi connectivity index (χ4n) is 3.37. The topological polar surface area (TPSA) is 25.4 Å². The number of likely N-dealkylation sites (tertiary alicyclic amines) is 1. The molecule has 1 aromatic carbocycles. The Hall–Kier alpha value is -1.29. The van der Waals surface area contributed by atoms with Crippen molar-refractivity contribution in [2.45, 2.75) is 38.1 Å². The molecule has 1 aliphatic heterocycles. The lowest BCUT2D eigenvalue weighted by molar-refractivity contribution is 0.143. The van der Waals surface area contributed by atoms with E-state index in [4.69, 9.17) is 16.3 Å². The molecule has 0 spiro atoms. The van der Waals surface area contributed by atoms with Gasteiger partial charge >= 0.3 is 0 Å². The van der Waals surface area contributed by atoms with E-state index in [9.17, 15) is 0 Å². The molecule has 1 unspecified atom stereocenters. The molecule has 0 N–H and O–H groups in total. The zero-order valence-electron chi connectivity index (χ0n) is 14.4. The Labute approximate surface area is 161 Å². The van der Waals surface area contributed by atoms with Crippen molar-refractivity contribution >= 4 is 24.0 Å². The molecule has 0 bridgehead atoms. The maximum Gasteiger partial charge on any atom is 0.120 e. The lowest BCUT2D eigenvalue weighted by Crippen LogP contribution is -2.34. The predicted octanol–water partition coefficient (Wildman–Crippen LogP) is 5.54. The van der Waals surface area contributed by atoms with Crippen LogP contribution in [-0.2, 0) is 0 Å². The molecule has 5 heteroatoms. The van der Waals surface area contributed by atoms with Gasteiger partial charge in [-0.15, -0.1) is 12.4 Å². The highest BCUT2D eigenvalue weighted by atomic mass is 35.5. The van der Waals surface area contributed by atoms with Crippen LogP contribution >= 0.6 is 24.0 Å². The van der Waals surface area contributed by atoms with Gasteiger partial charge in [-0.2, -0.15) is 0 Å². The second kappa shape index (κ2) is 10.6. The van der Waals surface area contributed by atoms with E-state index in [1.54, 1.807) is 0 Å². The molecule has 0 radical (unpaired) electrons. The van der Waals surface area contributed by atoms with Crippen LogP contribution in [0.5, 0.6) is 5.75 Å². The number of piperidine rings is 1. The molecule has 1 aliphatic rings. The Morgan fingerprint density at radius 3 is 2.88 bits per heavy atom. The fourth-order valence-corrected chi connectivity index (χ4v) is 3.55. The van der Waals surface area contributed by atoms with Crippen molar-refractivity contribution < 1.29 is 4.74 Å². The number of aromatic nitrogens is 1. The first-order valence-electron chi connectivity index (χ1n) is 8.85. The number of rotatable bonds is 7. The average molecular weight is 381 g/mol. The molecule has 0 aliphatic carbocycles. The number of ether oxygens (including phenoxy) is 1. The van der Waals surface area contributed by atoms with E-state index < -0.39 is 0 Å². The fraction of sp³-hybridized carbons (Fsp3) is 0.450. The molecule has 136 valence electrons. The van der Waals surface area contributed by atoms with Crippen LogP contribution in [0, 0.1) is 0 Å². The molecule has 0 amide bonds. The third kappa shape index (κ3) is 6.18. The van der Waals surface area contributed by atoms with Crippen LogP contribution in [0.3, 0.4) is 0 Å². The Balaban J connectivity index is 0.00000225. The van der Waals surface area contributed by atoms with Crippen molar-refractivity contribution in [3.63, 3.8) is 0 Å². The quantitative estimate of drug-likeness (QED) is 0.589. The van der Waals surface area contributed by atoms with Gasteiger partial charge in [-0.05, 0) is 68.6 Å². The van der Waals surface area contributed by atoms with E-state index in [1.807, 2.05) is 42.7 Å². The van der Waals surface area contributed by atoms with Gasteiger partial charge in [-0.3, -0.25) is 9.88 Å². The number of benzene rings is 1. The zero-order chi connectivity index (χ0) is 16.6. The Kier molecular flexibility index (Phi) is 8.53. The lowest BCUT2D eigenvalue weighted by Gasteiger charge is -2.35. The van der Waals surface area contributed by atoms with E-state index in [1.165, 1.54) is 31.4 Å². The van der Waals surface area contributed by atoms with Gasteiger partial charge in [-0.1, -0.05) is 30.2 Å². The van der Waals surface area contributed by atoms with E-state index in [2.05, 4.69) is 16.0 Å². The van der Waals surface area contributed by atoms with Gasteiger partial charge in [0.1, 0.15) is 5.75 Å². The maximum atomic E-state index is 5.97. The third-order valence-electron chi connectivity index (χ3n) is 4.59. The highest BCUT2D eigenvalue weighted by Gasteiger charge is 2.23. The summed E-state index contributed by atoms with van der Waals surface area (Å²) in [6.07, 6.45) is 9.93. The lowest BCUT2D eigenvalue weighted by atomic mass is 9.96. The first-order valence-corrected chi connectivity index (χ1v) is 9.23. The molecule has 3 rings (SSSR count). The van der Waals surface area contributed by atoms with E-state index in [0.29, 0.717) is 6.04 Å². The molecule has 0 saturated carbocycles. The molecule has 1 saturated heterocycles. The van der Waals surface area contributed by atoms with E-state index >= 15 is 0 Å². The summed E-state index contributed by atoms with van der Waals surface area (Å²) in [6.45, 7) is 3.05. The predicted molar refractivity (Wildman–Crippen MR) is 106 cm³/mol. The maximum absolute atomic E-state index is 5.97. The van der Waals surface area contributed by atoms with Gasteiger partial charge in [0.2, 0.25) is 0 Å². The Morgan fingerprint density at radius 2 is 2.08 bits per heavy atom. The number of unbranched alkanes of at least 4 members (excludes halogenated alkanes) is 1. The smallest absolute Gasteiger partial charge is 0.120 e. The molecule has 1 aromatic heterocycles. The number of hydrogen-bond acceptors (Lipinski definition) is 3. The van der Waals surface area contributed by atoms with E-state index in [0.717, 1.165) is 36.8 Å². The monoisotopic (exact) mass is 380 g/mol. The summed E-state index contributed by atoms with van der Waals surface area (Å²) < 4.78 is 5.77. The standard InChI is InChI=1S/C20H25ClN2O.ClH/c21-18-8-5-9-19(15-18)24-14-4-3-13-23-12-2-1-10-20(23)17-7-6-11-22-16-17;/h5-9,11,15-16,20H,1-4,10,12-14H2;1H. The van der Waals surface area contributed by atoms with Crippen LogP contribution in [0.4, 0.5) is 0 Å². The van der Waals surface area contributed by atoms with Crippen molar-refractivity contribution in [1.29, 1.82) is 0 Å². The number of nitrogens with zero attached hydrogens (tertiary/aromatic N) is 2. The summed E-state index contributed by atoms with van der Waals surface area (Å²) in [5, 5.41) is 0.722. The molecule has 25 heavy (non-hydrogen) atoms. The molecule has 2 aromatic rings. The van der Waals surface area contributed by atoms with Crippen molar-refractivity contribution in [3.8, 4) is 5.75 Å². The number of hydrogen-bond donors (Lipinski definition) is 0. The summed E-state index contributed by atoms with van der Waals surface area (Å²) in [4.78, 5) is 6.90. The SMILES string of the molecule is Cl.Clc1cccc(OCCCCN2CCCCC2c2cccnc2)c1. The largest absolute Gasteiger partial charge is 0.494 e. The van der Waals surface area contributed by atoms with Gasteiger partial charge in [0.15, 0.2) is 0 Å². The summed E-state index contributed by atoms with van der Waals surface area (Å²) in [7, 11) is 0. The first-order chi connectivity index (χ1) is 11.8. The minimum Gasteiger partial charge on any atom is -0.494 e. The van der Waals surface area contributed by atoms with Gasteiger partial charge in [-0.25, -0.2) is 0 Å². The highest BCUT2D eigenvalue weighted by Crippen LogP contribution is 2.30. The second-order valence-electron chi connectivity index (χ2n) is 6.35. The third-order valence-corrected chi connectivity index (χ3v) is 4.82. The van der Waals surface area contributed by atoms with Crippen LogP contribution in [0.1, 0.15) is 43.7 Å². The minimum atomic E-state index is 0. The molecular formula is C20H26Cl2N2O. The van der Waals surface area contributed by atoms with Crippen LogP contribution in [0.25, 0.3) is 0 Å². The van der Waals surface area contributed by atoms with Crippen LogP contribution in [0.2, 0.25) is 5.02 Å². The van der Waals surface area contributed by atoms with Crippen LogP contribution in [0.15, 0.2) is 48.8 Å². The summed E-state index contributed by atoms with van der Waals surface area (Å²) in [5.74, 6) is 0.855. The molecule has 1 fully saturated rings. The molecule has 3 nitrogen and oxygen atoms in total. The minimum absolute atomic E-state index is 0. The molecular weight excluding hydrogens is 355 g/mol. The molecule has 2 heterocycles. The Bertz CT molecular complexity index is 624. The average Bonchev–Trinajstić information content (AvgIpc) is 2.63. The number of halogens is 2. The van der Waals surface area contributed by atoms with Gasteiger partial charge < -0.3 is 4.74 Å². The summed E-state index contributed by atoms with van der Waals surface area (Å²) in [5.41, 5.74) is 1.35. The van der Waals surface area contributed by atoms with Crippen molar-refractivity contribution in [2.75, 3.05) is 19.7 Å². The van der Waals surface area contributed by atoms with Crippen molar-refractivity contribution in [1.82, 2.24) is 9.88 Å². The summed E-state index contributed by atoms with van der Waals surface area (Å²) in [6, 6.07) is 12.4. The van der Waals surface area contributed by atoms with Gasteiger partial charge in [0.25, 0.3) is 0 Å². The van der Waals surface area contributed by atoms with E-state index in [-0.39, 0.29) is 12.4 Å². The van der Waals surface area contributed by atoms with Gasteiger partial charge in [0.05, 0.1) is 6.61 Å². The zero-order valence-corrected chi connectivity index (χ0v) is 16.0. The van der Waals surface area contributed by atoms with Gasteiger partial charge in [0, 0.05) is 23.5 Å². The molecule has 1 atom stereocenters. The highest BCUT2D eigenvalue weighted by molar-refractivity contribution is 6.30. The van der Waals surface area contributed by atoms with Crippen LogP contribution in [-0.4, -0.2) is 29.6 Å². The number of pyridine rings is 1. The van der Waals surface area contributed by atoms with Crippen molar-refractivity contribution in [3.05, 3.63) is 59.4 Å². The van der Waals surface area contributed by atoms with Crippen molar-refractivity contribution in [2.24, 2.45) is 0 Å². The van der Waals surface area contributed by atoms with Crippen LogP contribution < -0.4 is 4.74 Å². The summed E-state index contributed by atoms with van der Waals surface area (Å²) >= 11 is 5.97.